The molecule has 0 N–H and O–H groups in total. The van der Waals surface area contributed by atoms with Crippen LogP contribution in [0.5, 0.6) is 0 Å². The van der Waals surface area contributed by atoms with E-state index in [9.17, 15) is 9.59 Å². The van der Waals surface area contributed by atoms with Crippen LogP contribution in [0.15, 0.2) is 11.6 Å². The molecule has 5 rings (SSSR count). The number of ether oxygens (including phenoxy) is 1. The van der Waals surface area contributed by atoms with Crippen molar-refractivity contribution in [3.8, 4) is 0 Å². The van der Waals surface area contributed by atoms with Crippen LogP contribution < -0.4 is 0 Å². The molecule has 4 heteroatoms. The molecule has 0 aromatic carbocycles. The molecule has 3 nitrogen and oxygen atoms in total. The van der Waals surface area contributed by atoms with Crippen molar-refractivity contribution in [1.29, 1.82) is 0 Å². The Morgan fingerprint density at radius 3 is 2.55 bits per heavy atom. The van der Waals surface area contributed by atoms with Crippen molar-refractivity contribution in [2.45, 2.75) is 110 Å². The van der Waals surface area contributed by atoms with Gasteiger partial charge in [0.25, 0.3) is 0 Å². The van der Waals surface area contributed by atoms with Gasteiger partial charge >= 0.3 is 5.97 Å². The minimum Gasteiger partial charge on any atom is -0.462 e. The van der Waals surface area contributed by atoms with Crippen LogP contribution in [0.1, 0.15) is 104 Å². The molecule has 5 aliphatic carbocycles. The summed E-state index contributed by atoms with van der Waals surface area (Å²) < 4.78 is 6.17. The van der Waals surface area contributed by atoms with Gasteiger partial charge in [-0.1, -0.05) is 45.1 Å². The largest absolute Gasteiger partial charge is 0.462 e. The lowest BCUT2D eigenvalue weighted by Gasteiger charge is -2.57. The molecule has 6 atom stereocenters. The maximum absolute atomic E-state index is 12.7. The highest BCUT2D eigenvalue weighted by Gasteiger charge is 2.59. The Hall–Kier alpha value is -0.830. The quantitative estimate of drug-likeness (QED) is 0.443. The summed E-state index contributed by atoms with van der Waals surface area (Å²) in [5.41, 5.74) is 1.83. The Morgan fingerprint density at radius 1 is 1.00 bits per heavy atom. The monoisotopic (exact) mass is 448 g/mol. The van der Waals surface area contributed by atoms with E-state index in [4.69, 9.17) is 4.74 Å². The standard InChI is InChI=1S/C27H40O3.ClH/c1-26-15-13-20(28)17-19(26)8-9-21-22-10-11-24(27(22,2)16-14-23(21)26)30-25(29)12-7-18-5-3-4-6-18;/h17-18,21-24H,3-16H2,1-2H3;1H/t21-,22-,23-,24-,26-,27-;/m0./s1. The summed E-state index contributed by atoms with van der Waals surface area (Å²) in [4.78, 5) is 24.7. The third-order valence-electron chi connectivity index (χ3n) is 10.4. The van der Waals surface area contributed by atoms with E-state index in [1.807, 2.05) is 6.08 Å². The Morgan fingerprint density at radius 2 is 1.77 bits per heavy atom. The lowest BCUT2D eigenvalue weighted by molar-refractivity contribution is -0.160. The number of hydrogen-bond acceptors (Lipinski definition) is 3. The number of hydrogen-bond donors (Lipinski definition) is 0. The fourth-order valence-electron chi connectivity index (χ4n) is 8.54. The number of carbonyl (C=O) groups is 2. The molecule has 0 aromatic heterocycles. The van der Waals surface area contributed by atoms with Gasteiger partial charge in [0, 0.05) is 18.3 Å². The van der Waals surface area contributed by atoms with E-state index in [1.165, 1.54) is 56.9 Å². The van der Waals surface area contributed by atoms with E-state index in [0.29, 0.717) is 24.0 Å². The predicted molar refractivity (Wildman–Crippen MR) is 125 cm³/mol. The fraction of sp³-hybridized carbons (Fsp3) is 0.852. The highest BCUT2D eigenvalue weighted by Crippen LogP contribution is 2.65. The van der Waals surface area contributed by atoms with Gasteiger partial charge in [0.2, 0.25) is 0 Å². The summed E-state index contributed by atoms with van der Waals surface area (Å²) in [5, 5.41) is 0. The van der Waals surface area contributed by atoms with E-state index >= 15 is 0 Å². The molecule has 0 aromatic rings. The van der Waals surface area contributed by atoms with Gasteiger partial charge in [0.15, 0.2) is 5.78 Å². The highest BCUT2D eigenvalue weighted by molar-refractivity contribution is 5.91. The Kier molecular flexibility index (Phi) is 6.65. The van der Waals surface area contributed by atoms with Crippen LogP contribution in [0.4, 0.5) is 0 Å². The highest BCUT2D eigenvalue weighted by atomic mass is 35.5. The minimum absolute atomic E-state index is 0. The van der Waals surface area contributed by atoms with Gasteiger partial charge in [-0.15, -0.1) is 12.4 Å². The van der Waals surface area contributed by atoms with Crippen LogP contribution in [-0.4, -0.2) is 17.9 Å². The number of fused-ring (bicyclic) bond motifs is 5. The number of carbonyl (C=O) groups excluding carboxylic acids is 2. The molecule has 0 radical (unpaired) electrons. The van der Waals surface area contributed by atoms with Crippen molar-refractivity contribution in [2.75, 3.05) is 0 Å². The summed E-state index contributed by atoms with van der Waals surface area (Å²) in [5.74, 6) is 3.28. The van der Waals surface area contributed by atoms with Crippen LogP contribution in [0.25, 0.3) is 0 Å². The van der Waals surface area contributed by atoms with Crippen molar-refractivity contribution in [3.63, 3.8) is 0 Å². The second-order valence-electron chi connectivity index (χ2n) is 11.8. The van der Waals surface area contributed by atoms with Gasteiger partial charge < -0.3 is 4.74 Å². The van der Waals surface area contributed by atoms with Crippen LogP contribution in [0.2, 0.25) is 0 Å². The van der Waals surface area contributed by atoms with Gasteiger partial charge in [-0.3, -0.25) is 9.59 Å². The van der Waals surface area contributed by atoms with Crippen LogP contribution in [0, 0.1) is 34.5 Å². The Labute approximate surface area is 194 Å². The first kappa shape index (κ1) is 23.3. The minimum atomic E-state index is 0. The predicted octanol–water partition coefficient (Wildman–Crippen LogP) is 6.82. The number of ketones is 1. The maximum Gasteiger partial charge on any atom is 0.306 e. The molecule has 5 aliphatic rings. The third-order valence-corrected chi connectivity index (χ3v) is 10.4. The molecular formula is C27H41ClO3. The van der Waals surface area contributed by atoms with E-state index in [1.54, 1.807) is 0 Å². The van der Waals surface area contributed by atoms with Gasteiger partial charge in [0.05, 0.1) is 0 Å². The fourth-order valence-corrected chi connectivity index (χ4v) is 8.54. The van der Waals surface area contributed by atoms with Crippen molar-refractivity contribution in [3.05, 3.63) is 11.6 Å². The molecule has 0 unspecified atom stereocenters. The molecule has 4 fully saturated rings. The maximum atomic E-state index is 12.7. The van der Waals surface area contributed by atoms with Crippen LogP contribution in [-0.2, 0) is 14.3 Å². The normalized spacial score (nSPS) is 42.1. The zero-order valence-electron chi connectivity index (χ0n) is 19.5. The molecular weight excluding hydrogens is 408 g/mol. The molecule has 0 heterocycles. The summed E-state index contributed by atoms with van der Waals surface area (Å²) in [6.07, 6.45) is 17.8. The molecule has 0 amide bonds. The van der Waals surface area contributed by atoms with Crippen molar-refractivity contribution < 1.29 is 14.3 Å². The Balaban J connectivity index is 0.00000231. The Bertz CT molecular complexity index is 739. The van der Waals surface area contributed by atoms with Gasteiger partial charge in [-0.25, -0.2) is 0 Å². The average molecular weight is 449 g/mol. The smallest absolute Gasteiger partial charge is 0.306 e. The van der Waals surface area contributed by atoms with E-state index < -0.39 is 0 Å². The molecule has 0 spiro atoms. The summed E-state index contributed by atoms with van der Waals surface area (Å²) in [6, 6.07) is 0. The van der Waals surface area contributed by atoms with Crippen molar-refractivity contribution in [2.24, 2.45) is 34.5 Å². The van der Waals surface area contributed by atoms with Gasteiger partial charge in [0.1, 0.15) is 6.10 Å². The zero-order valence-corrected chi connectivity index (χ0v) is 20.3. The summed E-state index contributed by atoms with van der Waals surface area (Å²) >= 11 is 0. The first-order valence-corrected chi connectivity index (χ1v) is 12.8. The number of esters is 1. The summed E-state index contributed by atoms with van der Waals surface area (Å²) in [7, 11) is 0. The summed E-state index contributed by atoms with van der Waals surface area (Å²) in [6.45, 7) is 4.87. The van der Waals surface area contributed by atoms with Crippen molar-refractivity contribution >= 4 is 24.2 Å². The molecule has 4 saturated carbocycles. The van der Waals surface area contributed by atoms with Crippen LogP contribution >= 0.6 is 12.4 Å². The second-order valence-corrected chi connectivity index (χ2v) is 11.8. The first-order valence-electron chi connectivity index (χ1n) is 12.8. The molecule has 0 saturated heterocycles. The number of halogens is 1. The van der Waals surface area contributed by atoms with Gasteiger partial charge in [-0.05, 0) is 86.5 Å². The van der Waals surface area contributed by atoms with Crippen LogP contribution in [0.3, 0.4) is 0 Å². The van der Waals surface area contributed by atoms with Crippen molar-refractivity contribution in [1.82, 2.24) is 0 Å². The van der Waals surface area contributed by atoms with E-state index in [2.05, 4.69) is 13.8 Å². The molecule has 174 valence electrons. The first-order chi connectivity index (χ1) is 14.4. The topological polar surface area (TPSA) is 43.4 Å². The zero-order chi connectivity index (χ0) is 20.9. The second kappa shape index (κ2) is 8.84. The van der Waals surface area contributed by atoms with E-state index in [0.717, 1.165) is 43.9 Å². The SMILES string of the molecule is C[C@]12CC[C@H]3[C@@H](CCC4=CC(=O)CC[C@@]43C)[C@@H]1CC[C@@H]2OC(=O)CCC1CCCC1.Cl. The molecule has 31 heavy (non-hydrogen) atoms. The number of rotatable bonds is 4. The lowest BCUT2D eigenvalue weighted by Crippen LogP contribution is -2.51. The van der Waals surface area contributed by atoms with Gasteiger partial charge in [-0.2, -0.15) is 0 Å². The lowest BCUT2D eigenvalue weighted by atomic mass is 9.47. The molecule has 0 bridgehead atoms. The average Bonchev–Trinajstić information content (AvgIpc) is 3.35. The third kappa shape index (κ3) is 4.02. The molecule has 0 aliphatic heterocycles. The number of allylic oxidation sites excluding steroid dienone is 1. The van der Waals surface area contributed by atoms with E-state index in [-0.39, 0.29) is 35.3 Å².